The lowest BCUT2D eigenvalue weighted by atomic mass is 10.1. The van der Waals surface area contributed by atoms with Gasteiger partial charge in [-0.1, -0.05) is 12.1 Å². The van der Waals surface area contributed by atoms with Crippen LogP contribution < -0.4 is 22.3 Å². The second-order valence-electron chi connectivity index (χ2n) is 4.05. The number of hydrogen-bond donors (Lipinski definition) is 5. The van der Waals surface area contributed by atoms with Crippen molar-refractivity contribution in [2.45, 2.75) is 25.5 Å². The van der Waals surface area contributed by atoms with Crippen LogP contribution >= 0.6 is 0 Å². The third-order valence-corrected chi connectivity index (χ3v) is 2.58. The van der Waals surface area contributed by atoms with Crippen molar-refractivity contribution in [2.75, 3.05) is 11.9 Å². The van der Waals surface area contributed by atoms with Gasteiger partial charge in [0.05, 0.1) is 12.6 Å². The minimum Gasteiger partial charge on any atom is -0.392 e. The summed E-state index contributed by atoms with van der Waals surface area (Å²) in [6.45, 7) is 0.617. The molecule has 100 valence electrons. The first-order valence-corrected chi connectivity index (χ1v) is 5.87. The Morgan fingerprint density at radius 3 is 2.56 bits per heavy atom. The van der Waals surface area contributed by atoms with Crippen LogP contribution in [-0.4, -0.2) is 23.6 Å². The predicted molar refractivity (Wildman–Crippen MR) is 70.4 cm³/mol. The minimum atomic E-state index is -0.545. The summed E-state index contributed by atoms with van der Waals surface area (Å²) in [6, 6.07) is 6.42. The topological polar surface area (TPSA) is 113 Å². The molecule has 0 aromatic heterocycles. The maximum Gasteiger partial charge on any atom is 0.241 e. The van der Waals surface area contributed by atoms with E-state index < -0.39 is 6.04 Å². The highest BCUT2D eigenvalue weighted by Crippen LogP contribution is 2.10. The molecule has 0 heterocycles. The molecule has 0 bridgehead atoms. The highest BCUT2D eigenvalue weighted by Gasteiger charge is 2.12. The van der Waals surface area contributed by atoms with Gasteiger partial charge in [-0.15, -0.1) is 0 Å². The Balaban J connectivity index is 2.42. The van der Waals surface area contributed by atoms with Crippen LogP contribution in [0.2, 0.25) is 0 Å². The molecule has 0 spiro atoms. The van der Waals surface area contributed by atoms with Crippen molar-refractivity contribution < 1.29 is 9.90 Å². The van der Waals surface area contributed by atoms with Gasteiger partial charge < -0.3 is 16.2 Å². The van der Waals surface area contributed by atoms with E-state index in [4.69, 9.17) is 16.7 Å². The quantitative estimate of drug-likeness (QED) is 0.259. The number of carbonyl (C=O) groups is 1. The van der Waals surface area contributed by atoms with Crippen LogP contribution in [0.1, 0.15) is 18.4 Å². The van der Waals surface area contributed by atoms with Crippen molar-refractivity contribution in [3.63, 3.8) is 0 Å². The number of nitrogens with one attached hydrogen (secondary N) is 2. The first-order chi connectivity index (χ1) is 8.67. The number of carbonyl (C=O) groups excluding carboxylic acids is 1. The monoisotopic (exact) mass is 252 g/mol. The van der Waals surface area contributed by atoms with E-state index in [1.54, 1.807) is 24.3 Å². The van der Waals surface area contributed by atoms with Crippen LogP contribution in [0, 0.1) is 0 Å². The molecule has 1 aromatic rings. The number of aliphatic hydroxyl groups excluding tert-OH is 1. The molecule has 0 fully saturated rings. The Labute approximate surface area is 106 Å². The molecule has 1 aromatic carbocycles. The van der Waals surface area contributed by atoms with Gasteiger partial charge in [0.15, 0.2) is 0 Å². The fourth-order valence-corrected chi connectivity index (χ4v) is 1.48. The highest BCUT2D eigenvalue weighted by molar-refractivity contribution is 5.94. The summed E-state index contributed by atoms with van der Waals surface area (Å²) < 4.78 is 0. The molecule has 18 heavy (non-hydrogen) atoms. The number of hydrogen-bond acceptors (Lipinski definition) is 5. The van der Waals surface area contributed by atoms with Crippen molar-refractivity contribution in [3.05, 3.63) is 29.8 Å². The van der Waals surface area contributed by atoms with Gasteiger partial charge in [-0.05, 0) is 30.5 Å². The number of nitrogens with two attached hydrogens (primary N) is 2. The lowest BCUT2D eigenvalue weighted by Crippen LogP contribution is -2.36. The van der Waals surface area contributed by atoms with E-state index in [9.17, 15) is 4.79 Å². The van der Waals surface area contributed by atoms with E-state index in [1.807, 2.05) is 0 Å². The fraction of sp³-hybridized carbons (Fsp3) is 0.417. The minimum absolute atomic E-state index is 0.0141. The van der Waals surface area contributed by atoms with Crippen LogP contribution in [0.25, 0.3) is 0 Å². The van der Waals surface area contributed by atoms with Gasteiger partial charge >= 0.3 is 0 Å². The Kier molecular flexibility index (Phi) is 6.31. The van der Waals surface area contributed by atoms with E-state index in [1.165, 1.54) is 0 Å². The number of aliphatic hydroxyl groups is 1. The molecular weight excluding hydrogens is 232 g/mol. The molecule has 6 heteroatoms. The first kappa shape index (κ1) is 14.6. The third-order valence-electron chi connectivity index (χ3n) is 2.58. The largest absolute Gasteiger partial charge is 0.392 e. The second kappa shape index (κ2) is 7.78. The van der Waals surface area contributed by atoms with Crippen LogP contribution in [0.4, 0.5) is 5.69 Å². The summed E-state index contributed by atoms with van der Waals surface area (Å²) in [4.78, 5) is 11.7. The molecule has 0 radical (unpaired) electrons. The van der Waals surface area contributed by atoms with Crippen molar-refractivity contribution in [1.82, 2.24) is 5.43 Å². The van der Waals surface area contributed by atoms with Crippen LogP contribution in [0.5, 0.6) is 0 Å². The molecular formula is C12H20N4O2. The number of rotatable bonds is 7. The number of amides is 1. The summed E-state index contributed by atoms with van der Waals surface area (Å²) in [6.07, 6.45) is 1.32. The molecule has 0 unspecified atom stereocenters. The molecule has 1 amide bonds. The van der Waals surface area contributed by atoms with Gasteiger partial charge in [0.25, 0.3) is 0 Å². The number of benzene rings is 1. The van der Waals surface area contributed by atoms with Crippen LogP contribution in [0.3, 0.4) is 0 Å². The van der Waals surface area contributed by atoms with Gasteiger partial charge in [0.2, 0.25) is 5.91 Å². The number of hydrazine groups is 1. The van der Waals surface area contributed by atoms with Gasteiger partial charge in [0, 0.05) is 12.2 Å². The van der Waals surface area contributed by atoms with Crippen molar-refractivity contribution in [2.24, 2.45) is 11.6 Å². The summed E-state index contributed by atoms with van der Waals surface area (Å²) in [5.74, 6) is 4.91. The molecule has 6 nitrogen and oxygen atoms in total. The van der Waals surface area contributed by atoms with E-state index in [0.29, 0.717) is 18.7 Å². The molecule has 0 saturated carbocycles. The van der Waals surface area contributed by atoms with Gasteiger partial charge in [-0.25, -0.2) is 0 Å². The SMILES string of the molecule is NNCCC[C@H](N)C(=O)Nc1ccc(CO)cc1. The average Bonchev–Trinajstić information content (AvgIpc) is 2.39. The lowest BCUT2D eigenvalue weighted by Gasteiger charge is -2.12. The van der Waals surface area contributed by atoms with Crippen LogP contribution in [0.15, 0.2) is 24.3 Å². The Hall–Kier alpha value is -1.47. The molecule has 0 aliphatic heterocycles. The second-order valence-corrected chi connectivity index (χ2v) is 4.05. The summed E-state index contributed by atoms with van der Waals surface area (Å²) in [5.41, 5.74) is 9.72. The summed E-state index contributed by atoms with van der Waals surface area (Å²) in [7, 11) is 0. The van der Waals surface area contributed by atoms with Crippen LogP contribution in [-0.2, 0) is 11.4 Å². The lowest BCUT2D eigenvalue weighted by molar-refractivity contribution is -0.117. The molecule has 0 saturated heterocycles. The number of anilines is 1. The molecule has 1 rings (SSSR count). The predicted octanol–water partition coefficient (Wildman–Crippen LogP) is -0.312. The third kappa shape index (κ3) is 4.80. The fourth-order valence-electron chi connectivity index (χ4n) is 1.48. The zero-order valence-electron chi connectivity index (χ0n) is 10.2. The Morgan fingerprint density at radius 2 is 2.00 bits per heavy atom. The smallest absolute Gasteiger partial charge is 0.241 e. The normalized spacial score (nSPS) is 12.2. The zero-order chi connectivity index (χ0) is 13.4. The highest BCUT2D eigenvalue weighted by atomic mass is 16.3. The average molecular weight is 252 g/mol. The molecule has 0 aliphatic rings. The maximum absolute atomic E-state index is 11.7. The summed E-state index contributed by atoms with van der Waals surface area (Å²) in [5, 5.41) is 11.6. The van der Waals surface area contributed by atoms with Crippen molar-refractivity contribution in [3.8, 4) is 0 Å². The van der Waals surface area contributed by atoms with E-state index in [2.05, 4.69) is 10.7 Å². The first-order valence-electron chi connectivity index (χ1n) is 5.87. The van der Waals surface area contributed by atoms with Crippen molar-refractivity contribution >= 4 is 11.6 Å². The van der Waals surface area contributed by atoms with E-state index >= 15 is 0 Å². The van der Waals surface area contributed by atoms with Gasteiger partial charge in [0.1, 0.15) is 0 Å². The standard InChI is InChI=1S/C12H20N4O2/c13-11(2-1-7-15-14)12(18)16-10-5-3-9(8-17)4-6-10/h3-6,11,15,17H,1-2,7-8,13-14H2,(H,16,18)/t11-/m0/s1. The van der Waals surface area contributed by atoms with E-state index in [0.717, 1.165) is 12.0 Å². The Morgan fingerprint density at radius 1 is 1.33 bits per heavy atom. The molecule has 7 N–H and O–H groups in total. The summed E-state index contributed by atoms with van der Waals surface area (Å²) >= 11 is 0. The zero-order valence-corrected chi connectivity index (χ0v) is 10.2. The Bertz CT molecular complexity index is 367. The molecule has 1 atom stereocenters. The van der Waals surface area contributed by atoms with Gasteiger partial charge in [-0.3, -0.25) is 16.1 Å². The molecule has 0 aliphatic carbocycles. The van der Waals surface area contributed by atoms with E-state index in [-0.39, 0.29) is 12.5 Å². The van der Waals surface area contributed by atoms with Crippen molar-refractivity contribution in [1.29, 1.82) is 0 Å². The van der Waals surface area contributed by atoms with Gasteiger partial charge in [-0.2, -0.15) is 0 Å². The maximum atomic E-state index is 11.7.